The van der Waals surface area contributed by atoms with Crippen molar-refractivity contribution in [2.75, 3.05) is 26.2 Å². The van der Waals surface area contributed by atoms with Crippen molar-refractivity contribution in [1.29, 1.82) is 0 Å². The molecule has 3 aromatic rings. The van der Waals surface area contributed by atoms with E-state index in [1.165, 1.54) is 4.68 Å². The third kappa shape index (κ3) is 3.16. The molecule has 2 aliphatic rings. The van der Waals surface area contributed by atoms with Crippen molar-refractivity contribution in [1.82, 2.24) is 25.6 Å². The quantitative estimate of drug-likeness (QED) is 0.529. The fourth-order valence-electron chi connectivity index (χ4n) is 3.44. The summed E-state index contributed by atoms with van der Waals surface area (Å²) in [5.74, 6) is 1.74. The summed E-state index contributed by atoms with van der Waals surface area (Å²) < 4.78 is 1.48. The first-order valence-electron chi connectivity index (χ1n) is 9.35. The minimum atomic E-state index is 0.0674. The van der Waals surface area contributed by atoms with Gasteiger partial charge >= 0.3 is 0 Å². The van der Waals surface area contributed by atoms with Crippen LogP contribution in [0.1, 0.15) is 11.1 Å². The number of hydrogen-bond acceptors (Lipinski definition) is 8. The van der Waals surface area contributed by atoms with Crippen LogP contribution < -0.4 is 10.6 Å². The van der Waals surface area contributed by atoms with Crippen LogP contribution in [0.5, 0.6) is 11.5 Å². The summed E-state index contributed by atoms with van der Waals surface area (Å²) in [5, 5.41) is 35.5. The monoisotopic (exact) mass is 389 g/mol. The van der Waals surface area contributed by atoms with E-state index in [2.05, 4.69) is 30.9 Å². The fraction of sp³-hybridized carbons (Fsp3) is 0.200. The van der Waals surface area contributed by atoms with Gasteiger partial charge in [-0.3, -0.25) is 9.98 Å². The standard InChI is InChI=1S/C20H19N7O2/c28-17-4-2-12(19-21-5-6-22-19)9-14(17)15-11-27(26-25-15)16-3-1-13(10-18(16)29)20-23-7-8-24-20/h1-4,9-11,28-29H,5-8H2,(H,21,22)(H,23,24). The highest BCUT2D eigenvalue weighted by molar-refractivity contribution is 6.01. The first kappa shape index (κ1) is 17.2. The normalized spacial score (nSPS) is 15.6. The summed E-state index contributed by atoms with van der Waals surface area (Å²) in [7, 11) is 0. The van der Waals surface area contributed by atoms with Gasteiger partial charge in [0.05, 0.1) is 19.3 Å². The zero-order valence-electron chi connectivity index (χ0n) is 15.5. The second kappa shape index (κ2) is 6.93. The topological polar surface area (TPSA) is 120 Å². The zero-order valence-corrected chi connectivity index (χ0v) is 15.5. The van der Waals surface area contributed by atoms with E-state index in [1.54, 1.807) is 24.4 Å². The lowest BCUT2D eigenvalue weighted by Crippen LogP contribution is -2.19. The second-order valence-corrected chi connectivity index (χ2v) is 6.80. The highest BCUT2D eigenvalue weighted by Gasteiger charge is 2.16. The highest BCUT2D eigenvalue weighted by atomic mass is 16.3. The van der Waals surface area contributed by atoms with Crippen LogP contribution in [0.15, 0.2) is 52.6 Å². The van der Waals surface area contributed by atoms with Gasteiger partial charge in [-0.05, 0) is 36.4 Å². The number of rotatable bonds is 4. The average Bonchev–Trinajstić information content (AvgIpc) is 3.50. The van der Waals surface area contributed by atoms with Gasteiger partial charge in [-0.25, -0.2) is 4.68 Å². The molecular weight excluding hydrogens is 370 g/mol. The molecular formula is C20H19N7O2. The number of amidine groups is 2. The predicted octanol–water partition coefficient (Wildman–Crippen LogP) is 1.05. The van der Waals surface area contributed by atoms with Gasteiger partial charge in [0.25, 0.3) is 0 Å². The predicted molar refractivity (Wildman–Crippen MR) is 109 cm³/mol. The number of phenols is 2. The highest BCUT2D eigenvalue weighted by Crippen LogP contribution is 2.30. The summed E-state index contributed by atoms with van der Waals surface area (Å²) in [5.41, 5.74) is 3.23. The van der Waals surface area contributed by atoms with Crippen molar-refractivity contribution in [2.24, 2.45) is 9.98 Å². The number of phenolic OH excluding ortho intramolecular Hbond substituents is 2. The largest absolute Gasteiger partial charge is 0.507 e. The lowest BCUT2D eigenvalue weighted by Gasteiger charge is -2.08. The van der Waals surface area contributed by atoms with Crippen LogP contribution >= 0.6 is 0 Å². The molecule has 9 heteroatoms. The molecule has 146 valence electrons. The van der Waals surface area contributed by atoms with E-state index in [1.807, 2.05) is 18.2 Å². The van der Waals surface area contributed by atoms with Gasteiger partial charge in [0.2, 0.25) is 0 Å². The third-order valence-electron chi connectivity index (χ3n) is 4.88. The molecule has 2 aromatic carbocycles. The second-order valence-electron chi connectivity index (χ2n) is 6.80. The Hall–Kier alpha value is -3.88. The van der Waals surface area contributed by atoms with E-state index in [0.717, 1.165) is 49.0 Å². The number of benzene rings is 2. The molecule has 5 rings (SSSR count). The Morgan fingerprint density at radius 1 is 0.828 bits per heavy atom. The van der Waals surface area contributed by atoms with E-state index in [0.29, 0.717) is 16.9 Å². The van der Waals surface area contributed by atoms with Gasteiger partial charge in [0, 0.05) is 29.8 Å². The van der Waals surface area contributed by atoms with Gasteiger partial charge in [-0.15, -0.1) is 5.10 Å². The van der Waals surface area contributed by atoms with Crippen LogP contribution in [0.2, 0.25) is 0 Å². The zero-order chi connectivity index (χ0) is 19.8. The van der Waals surface area contributed by atoms with E-state index in [-0.39, 0.29) is 11.5 Å². The van der Waals surface area contributed by atoms with Crippen LogP contribution in [0.3, 0.4) is 0 Å². The summed E-state index contributed by atoms with van der Waals surface area (Å²) >= 11 is 0. The Bertz CT molecular complexity index is 1150. The minimum absolute atomic E-state index is 0.0674. The molecule has 0 atom stereocenters. The maximum absolute atomic E-state index is 10.5. The van der Waals surface area contributed by atoms with Crippen molar-refractivity contribution in [3.8, 4) is 28.4 Å². The van der Waals surface area contributed by atoms with Gasteiger partial charge in [-0.1, -0.05) is 5.21 Å². The summed E-state index contributed by atoms with van der Waals surface area (Å²) in [6.07, 6.45) is 1.67. The van der Waals surface area contributed by atoms with Crippen LogP contribution in [0.25, 0.3) is 16.9 Å². The molecule has 2 aliphatic heterocycles. The third-order valence-corrected chi connectivity index (χ3v) is 4.88. The molecule has 4 N–H and O–H groups in total. The number of aromatic nitrogens is 3. The molecule has 0 saturated heterocycles. The van der Waals surface area contributed by atoms with Crippen molar-refractivity contribution >= 4 is 11.7 Å². The minimum Gasteiger partial charge on any atom is -0.507 e. The molecule has 0 spiro atoms. The summed E-state index contributed by atoms with van der Waals surface area (Å²) in [6.45, 7) is 3.07. The summed E-state index contributed by atoms with van der Waals surface area (Å²) in [6, 6.07) is 10.5. The lowest BCUT2D eigenvalue weighted by atomic mass is 10.1. The van der Waals surface area contributed by atoms with E-state index in [4.69, 9.17) is 0 Å². The van der Waals surface area contributed by atoms with Crippen molar-refractivity contribution < 1.29 is 10.2 Å². The van der Waals surface area contributed by atoms with E-state index >= 15 is 0 Å². The molecule has 3 heterocycles. The lowest BCUT2D eigenvalue weighted by molar-refractivity contribution is 0.469. The molecule has 29 heavy (non-hydrogen) atoms. The Labute approximate surface area is 166 Å². The van der Waals surface area contributed by atoms with Gasteiger partial charge in [0.15, 0.2) is 0 Å². The summed E-state index contributed by atoms with van der Waals surface area (Å²) in [4.78, 5) is 8.77. The van der Waals surface area contributed by atoms with Gasteiger partial charge < -0.3 is 20.8 Å². The molecule has 0 fully saturated rings. The van der Waals surface area contributed by atoms with E-state index in [9.17, 15) is 10.2 Å². The Morgan fingerprint density at radius 2 is 1.52 bits per heavy atom. The molecule has 0 amide bonds. The first-order chi connectivity index (χ1) is 14.2. The SMILES string of the molecule is Oc1ccc(C2=NCCN2)cc1-c1cn(-c2ccc(C3=NCCN3)cc2O)nn1. The molecule has 0 bridgehead atoms. The smallest absolute Gasteiger partial charge is 0.142 e. The fourth-order valence-corrected chi connectivity index (χ4v) is 3.44. The molecule has 1 aromatic heterocycles. The Balaban J connectivity index is 1.47. The number of aliphatic imine (C=N–C) groups is 2. The van der Waals surface area contributed by atoms with Gasteiger partial charge in [0.1, 0.15) is 34.6 Å². The molecule has 0 saturated carbocycles. The van der Waals surface area contributed by atoms with Crippen molar-refractivity contribution in [3.63, 3.8) is 0 Å². The number of aromatic hydroxyl groups is 2. The molecule has 0 radical (unpaired) electrons. The maximum atomic E-state index is 10.5. The van der Waals surface area contributed by atoms with Gasteiger partial charge in [-0.2, -0.15) is 0 Å². The van der Waals surface area contributed by atoms with Crippen LogP contribution in [-0.2, 0) is 0 Å². The Morgan fingerprint density at radius 3 is 2.17 bits per heavy atom. The van der Waals surface area contributed by atoms with Crippen molar-refractivity contribution in [3.05, 3.63) is 53.7 Å². The number of hydrogen-bond donors (Lipinski definition) is 4. The number of nitrogens with one attached hydrogen (secondary N) is 2. The average molecular weight is 389 g/mol. The van der Waals surface area contributed by atoms with Crippen molar-refractivity contribution in [2.45, 2.75) is 0 Å². The van der Waals surface area contributed by atoms with Crippen LogP contribution in [-0.4, -0.2) is 63.1 Å². The number of nitrogens with zero attached hydrogens (tertiary/aromatic N) is 5. The van der Waals surface area contributed by atoms with E-state index < -0.39 is 0 Å². The molecule has 0 unspecified atom stereocenters. The Kier molecular flexibility index (Phi) is 4.12. The first-order valence-corrected chi connectivity index (χ1v) is 9.35. The van der Waals surface area contributed by atoms with Crippen LogP contribution in [0.4, 0.5) is 0 Å². The van der Waals surface area contributed by atoms with Crippen LogP contribution in [0, 0.1) is 0 Å². The molecule has 9 nitrogen and oxygen atoms in total. The maximum Gasteiger partial charge on any atom is 0.142 e. The molecule has 0 aliphatic carbocycles.